The molecule has 1 amide bonds. The van der Waals surface area contributed by atoms with E-state index in [0.717, 1.165) is 24.1 Å². The van der Waals surface area contributed by atoms with Crippen molar-refractivity contribution in [3.8, 4) is 11.3 Å². The smallest absolute Gasteiger partial charge is 0.254 e. The zero-order chi connectivity index (χ0) is 24.6. The summed E-state index contributed by atoms with van der Waals surface area (Å²) < 4.78 is 22.2. The van der Waals surface area contributed by atoms with Crippen molar-refractivity contribution in [2.45, 2.75) is 44.7 Å². The van der Waals surface area contributed by atoms with Crippen LogP contribution in [0.4, 0.5) is 10.2 Å². The summed E-state index contributed by atoms with van der Waals surface area (Å²) in [5, 5.41) is 9.19. The van der Waals surface area contributed by atoms with Crippen molar-refractivity contribution in [3.63, 3.8) is 0 Å². The van der Waals surface area contributed by atoms with Crippen molar-refractivity contribution in [2.75, 3.05) is 25.1 Å². The Bertz CT molecular complexity index is 1330. The van der Waals surface area contributed by atoms with Crippen LogP contribution in [-0.2, 0) is 4.74 Å². The van der Waals surface area contributed by atoms with Gasteiger partial charge in [-0.1, -0.05) is 17.3 Å². The molecule has 2 N–H and O–H groups in total. The first-order valence-electron chi connectivity index (χ1n) is 11.7. The Hall–Kier alpha value is -3.66. The normalized spacial score (nSPS) is 16.1. The molecule has 9 nitrogen and oxygen atoms in total. The zero-order valence-corrected chi connectivity index (χ0v) is 19.7. The van der Waals surface area contributed by atoms with Crippen LogP contribution in [0.25, 0.3) is 22.5 Å². The van der Waals surface area contributed by atoms with Crippen molar-refractivity contribution in [2.24, 2.45) is 5.18 Å². The molecule has 0 spiro atoms. The van der Waals surface area contributed by atoms with E-state index < -0.39 is 17.3 Å². The van der Waals surface area contributed by atoms with Gasteiger partial charge in [-0.25, -0.2) is 14.4 Å². The van der Waals surface area contributed by atoms with E-state index >= 15 is 0 Å². The highest BCUT2D eigenvalue weighted by Gasteiger charge is 2.26. The number of imidazole rings is 1. The maximum Gasteiger partial charge on any atom is 0.254 e. The fraction of sp³-hybridized carbons (Fsp3) is 0.400. The minimum Gasteiger partial charge on any atom is -0.377 e. The number of nitroso groups, excluding NO2 is 1. The van der Waals surface area contributed by atoms with Crippen LogP contribution in [0.15, 0.2) is 41.8 Å². The number of nitrogens with zero attached hydrogens (tertiary/aromatic N) is 4. The third-order valence-corrected chi connectivity index (χ3v) is 6.14. The second-order valence-corrected chi connectivity index (χ2v) is 9.57. The fourth-order valence-corrected chi connectivity index (χ4v) is 3.92. The van der Waals surface area contributed by atoms with Gasteiger partial charge in [0.2, 0.25) is 0 Å². The van der Waals surface area contributed by atoms with Crippen LogP contribution in [0.5, 0.6) is 0 Å². The summed E-state index contributed by atoms with van der Waals surface area (Å²) in [4.78, 5) is 32.8. The number of nitrogens with one attached hydrogen (secondary N) is 2. The van der Waals surface area contributed by atoms with E-state index in [1.54, 1.807) is 26.1 Å². The number of hydrogen-bond donors (Lipinski definition) is 2. The minimum absolute atomic E-state index is 0.0233. The number of fused-ring (bicyclic) bond motifs is 1. The summed E-state index contributed by atoms with van der Waals surface area (Å²) >= 11 is 0. The van der Waals surface area contributed by atoms with Gasteiger partial charge in [0.25, 0.3) is 5.91 Å². The van der Waals surface area contributed by atoms with Crippen LogP contribution < -0.4 is 10.6 Å². The van der Waals surface area contributed by atoms with Crippen LogP contribution >= 0.6 is 0 Å². The summed E-state index contributed by atoms with van der Waals surface area (Å²) in [6, 6.07) is 4.72. The lowest BCUT2D eigenvalue weighted by Crippen LogP contribution is -2.28. The summed E-state index contributed by atoms with van der Waals surface area (Å²) in [6.07, 6.45) is 8.08. The molecule has 3 heterocycles. The molecular weight excluding hydrogens is 451 g/mol. The van der Waals surface area contributed by atoms with Gasteiger partial charge in [0.15, 0.2) is 11.5 Å². The average molecular weight is 479 g/mol. The summed E-state index contributed by atoms with van der Waals surface area (Å²) in [7, 11) is 0. The Morgan fingerprint density at radius 1 is 1.34 bits per heavy atom. The summed E-state index contributed by atoms with van der Waals surface area (Å²) in [5.74, 6) is -0.488. The minimum atomic E-state index is -0.831. The Morgan fingerprint density at radius 2 is 2.17 bits per heavy atom. The third kappa shape index (κ3) is 4.93. The maximum atomic E-state index is 14.9. The third-order valence-electron chi connectivity index (χ3n) is 6.14. The van der Waals surface area contributed by atoms with Crippen molar-refractivity contribution in [1.82, 2.24) is 19.7 Å². The van der Waals surface area contributed by atoms with E-state index in [1.165, 1.54) is 12.1 Å². The van der Waals surface area contributed by atoms with Gasteiger partial charge in [-0.3, -0.25) is 9.20 Å². The van der Waals surface area contributed by atoms with E-state index in [0.29, 0.717) is 42.4 Å². The Morgan fingerprint density at radius 3 is 2.86 bits per heavy atom. The molecule has 0 atom stereocenters. The van der Waals surface area contributed by atoms with Crippen LogP contribution in [-0.4, -0.2) is 51.6 Å². The Balaban J connectivity index is 1.55. The summed E-state index contributed by atoms with van der Waals surface area (Å²) in [6.45, 7) is 4.84. The molecule has 1 fully saturated rings. The van der Waals surface area contributed by atoms with E-state index in [1.807, 2.05) is 16.7 Å². The molecule has 5 rings (SSSR count). The summed E-state index contributed by atoms with van der Waals surface area (Å²) in [5.41, 5.74) is 2.73. The molecule has 0 saturated heterocycles. The van der Waals surface area contributed by atoms with Gasteiger partial charge >= 0.3 is 0 Å². The first-order chi connectivity index (χ1) is 16.8. The van der Waals surface area contributed by atoms with E-state index in [9.17, 15) is 14.1 Å². The predicted molar refractivity (Wildman–Crippen MR) is 131 cm³/mol. The number of carbonyl (C=O) groups excluding carboxylic acids is 1. The van der Waals surface area contributed by atoms with E-state index in [2.05, 4.69) is 20.8 Å². The van der Waals surface area contributed by atoms with Gasteiger partial charge < -0.3 is 15.4 Å². The number of halogens is 1. The van der Waals surface area contributed by atoms with E-state index in [4.69, 9.17) is 9.72 Å². The number of benzene rings is 1. The average Bonchev–Trinajstić information content (AvgIpc) is 3.57. The molecule has 2 aliphatic rings. The maximum absolute atomic E-state index is 14.9. The highest BCUT2D eigenvalue weighted by atomic mass is 19.1. The standard InChI is InChI=1S/C25H27FN6O3/c1-25(2,31-34)14-28-22-23-27-12-21(32(23)13-20(30-22)15-7-9-35-10-8-15)16-3-6-18(19(26)11-16)24(33)29-17-4-5-17/h3,6-7,11-13,17H,4-5,8-10,14H2,1-2H3,(H,28,30)(H,29,33). The van der Waals surface area contributed by atoms with Gasteiger partial charge in [-0.15, -0.1) is 0 Å². The number of amides is 1. The lowest BCUT2D eigenvalue weighted by Gasteiger charge is -2.19. The molecule has 10 heteroatoms. The van der Waals surface area contributed by atoms with Crippen LogP contribution in [0, 0.1) is 10.7 Å². The molecule has 2 aromatic heterocycles. The van der Waals surface area contributed by atoms with Crippen molar-refractivity contribution < 1.29 is 13.9 Å². The second kappa shape index (κ2) is 9.18. The molecule has 35 heavy (non-hydrogen) atoms. The number of carbonyl (C=O) groups is 1. The number of anilines is 1. The van der Waals surface area contributed by atoms with E-state index in [-0.39, 0.29) is 18.2 Å². The highest BCUT2D eigenvalue weighted by molar-refractivity contribution is 5.95. The number of rotatable bonds is 8. The fourth-order valence-electron chi connectivity index (χ4n) is 3.92. The molecule has 1 aliphatic heterocycles. The number of hydrogen-bond acceptors (Lipinski definition) is 7. The topological polar surface area (TPSA) is 110 Å². The van der Waals surface area contributed by atoms with Crippen LogP contribution in [0.2, 0.25) is 0 Å². The largest absolute Gasteiger partial charge is 0.377 e. The molecular formula is C25H27FN6O3. The van der Waals surface area contributed by atoms with Crippen molar-refractivity contribution in [1.29, 1.82) is 0 Å². The first kappa shape index (κ1) is 23.1. The van der Waals surface area contributed by atoms with Gasteiger partial charge in [0, 0.05) is 24.3 Å². The van der Waals surface area contributed by atoms with Gasteiger partial charge in [-0.2, -0.15) is 4.91 Å². The zero-order valence-electron chi connectivity index (χ0n) is 19.7. The highest BCUT2D eigenvalue weighted by Crippen LogP contribution is 2.29. The Labute approximate surface area is 201 Å². The lowest BCUT2D eigenvalue weighted by molar-refractivity contribution is 0.0947. The first-order valence-corrected chi connectivity index (χ1v) is 11.7. The molecule has 0 radical (unpaired) electrons. The van der Waals surface area contributed by atoms with Crippen LogP contribution in [0.1, 0.15) is 49.2 Å². The molecule has 182 valence electrons. The van der Waals surface area contributed by atoms with Gasteiger partial charge in [0.1, 0.15) is 11.4 Å². The molecule has 0 bridgehead atoms. The molecule has 1 saturated carbocycles. The van der Waals surface area contributed by atoms with Gasteiger partial charge in [-0.05, 0) is 50.8 Å². The Kier molecular flexibility index (Phi) is 6.06. The lowest BCUT2D eigenvalue weighted by atomic mass is 10.1. The van der Waals surface area contributed by atoms with Crippen LogP contribution in [0.3, 0.4) is 0 Å². The SMILES string of the molecule is CC(C)(CNc1nc(C2=CCOCC2)cn2c(-c3ccc(C(=O)NC4CC4)c(F)c3)cnc12)N=O. The number of ether oxygens (including phenoxy) is 1. The quantitative estimate of drug-likeness (QED) is 0.470. The molecule has 1 aromatic carbocycles. The van der Waals surface area contributed by atoms with Crippen molar-refractivity contribution >= 4 is 22.9 Å². The van der Waals surface area contributed by atoms with Gasteiger partial charge in [0.05, 0.1) is 36.4 Å². The van der Waals surface area contributed by atoms with Crippen molar-refractivity contribution in [3.05, 3.63) is 58.7 Å². The predicted octanol–water partition coefficient (Wildman–Crippen LogP) is 4.19. The molecule has 0 unspecified atom stereocenters. The number of aromatic nitrogens is 3. The molecule has 3 aromatic rings. The molecule has 1 aliphatic carbocycles. The second-order valence-electron chi connectivity index (χ2n) is 9.57. The monoisotopic (exact) mass is 478 g/mol.